The van der Waals surface area contributed by atoms with Gasteiger partial charge in [0, 0.05) is 32.8 Å². The number of ether oxygens (including phenoxy) is 1. The zero-order valence-corrected chi connectivity index (χ0v) is 16.8. The molecule has 0 aliphatic carbocycles. The van der Waals surface area contributed by atoms with E-state index in [1.807, 2.05) is 26.0 Å². The van der Waals surface area contributed by atoms with Crippen LogP contribution in [0.3, 0.4) is 0 Å². The van der Waals surface area contributed by atoms with Crippen molar-refractivity contribution in [2.24, 2.45) is 5.92 Å². The van der Waals surface area contributed by atoms with Gasteiger partial charge in [0.25, 0.3) is 0 Å². The first-order chi connectivity index (χ1) is 12.4. The van der Waals surface area contributed by atoms with E-state index in [0.717, 1.165) is 24.0 Å². The lowest BCUT2D eigenvalue weighted by Gasteiger charge is -2.31. The minimum atomic E-state index is -3.58. The number of nitrogens with one attached hydrogen (secondary N) is 1. The number of hydrogen-bond acceptors (Lipinski definition) is 4. The first-order valence-corrected chi connectivity index (χ1v) is 10.7. The molecule has 7 heteroatoms. The molecule has 0 saturated carbocycles. The van der Waals surface area contributed by atoms with Gasteiger partial charge >= 0.3 is 0 Å². The van der Waals surface area contributed by atoms with Crippen molar-refractivity contribution < 1.29 is 17.9 Å². The van der Waals surface area contributed by atoms with Gasteiger partial charge in [-0.25, -0.2) is 8.42 Å². The molecule has 1 N–H and O–H groups in total. The van der Waals surface area contributed by atoms with Crippen LogP contribution in [0.4, 0.5) is 0 Å². The number of aryl methyl sites for hydroxylation is 2. The molecule has 1 aliphatic heterocycles. The van der Waals surface area contributed by atoms with E-state index in [1.54, 1.807) is 13.0 Å². The summed E-state index contributed by atoms with van der Waals surface area (Å²) in [6.07, 6.45) is 2.17. The predicted molar refractivity (Wildman–Crippen MR) is 102 cm³/mol. The summed E-state index contributed by atoms with van der Waals surface area (Å²) in [5.74, 6) is -0.363. The van der Waals surface area contributed by atoms with Crippen molar-refractivity contribution in [2.45, 2.75) is 44.9 Å². The molecular weight excluding hydrogens is 352 g/mol. The number of carbonyl (C=O) groups is 1. The molecular formula is C19H30N2O4S. The second-order valence-corrected chi connectivity index (χ2v) is 8.72. The minimum absolute atomic E-state index is 0.0673. The van der Waals surface area contributed by atoms with Crippen molar-refractivity contribution in [3.05, 3.63) is 29.3 Å². The van der Waals surface area contributed by atoms with Gasteiger partial charge in [-0.2, -0.15) is 4.31 Å². The summed E-state index contributed by atoms with van der Waals surface area (Å²) in [4.78, 5) is 12.7. The molecule has 26 heavy (non-hydrogen) atoms. The quantitative estimate of drug-likeness (QED) is 0.700. The van der Waals surface area contributed by atoms with Gasteiger partial charge in [-0.05, 0) is 57.2 Å². The van der Waals surface area contributed by atoms with Gasteiger partial charge in [0.05, 0.1) is 10.8 Å². The van der Waals surface area contributed by atoms with Crippen LogP contribution in [0.2, 0.25) is 0 Å². The SMILES string of the molecule is CCOCCCNC(=O)C1CCCN(S(=O)(=O)c2cc(C)ccc2C)C1. The highest BCUT2D eigenvalue weighted by Gasteiger charge is 2.33. The number of piperidine rings is 1. The summed E-state index contributed by atoms with van der Waals surface area (Å²) in [5.41, 5.74) is 1.65. The molecule has 0 aromatic heterocycles. The van der Waals surface area contributed by atoms with Crippen LogP contribution in [0.25, 0.3) is 0 Å². The van der Waals surface area contributed by atoms with E-state index in [4.69, 9.17) is 4.74 Å². The Morgan fingerprint density at radius 1 is 1.35 bits per heavy atom. The minimum Gasteiger partial charge on any atom is -0.382 e. The average molecular weight is 383 g/mol. The van der Waals surface area contributed by atoms with Crippen molar-refractivity contribution in [2.75, 3.05) is 32.8 Å². The second kappa shape index (κ2) is 9.48. The number of carbonyl (C=O) groups excluding carboxylic acids is 1. The maximum absolute atomic E-state index is 13.0. The van der Waals surface area contributed by atoms with Gasteiger partial charge in [-0.3, -0.25) is 4.79 Å². The third-order valence-electron chi connectivity index (χ3n) is 4.69. The average Bonchev–Trinajstić information content (AvgIpc) is 2.63. The Hall–Kier alpha value is -1.44. The van der Waals surface area contributed by atoms with E-state index >= 15 is 0 Å². The Balaban J connectivity index is 2.00. The fourth-order valence-electron chi connectivity index (χ4n) is 3.17. The first kappa shape index (κ1) is 20.9. The van der Waals surface area contributed by atoms with E-state index < -0.39 is 10.0 Å². The van der Waals surface area contributed by atoms with Crippen molar-refractivity contribution in [3.8, 4) is 0 Å². The van der Waals surface area contributed by atoms with Gasteiger partial charge in [0.15, 0.2) is 0 Å². The molecule has 1 fully saturated rings. The molecule has 0 bridgehead atoms. The molecule has 0 radical (unpaired) electrons. The summed E-state index contributed by atoms with van der Waals surface area (Å²) in [6.45, 7) is 8.17. The number of sulfonamides is 1. The van der Waals surface area contributed by atoms with Gasteiger partial charge in [-0.15, -0.1) is 0 Å². The standard InChI is InChI=1S/C19H30N2O4S/c1-4-25-12-6-10-20-19(22)17-7-5-11-21(14-17)26(23,24)18-13-15(2)8-9-16(18)3/h8-9,13,17H,4-7,10-12,14H2,1-3H3,(H,20,22). The lowest BCUT2D eigenvalue weighted by molar-refractivity contribution is -0.126. The molecule has 0 spiro atoms. The van der Waals surface area contributed by atoms with Crippen LogP contribution in [0.1, 0.15) is 37.3 Å². The molecule has 1 aromatic carbocycles. The highest BCUT2D eigenvalue weighted by atomic mass is 32.2. The fourth-order valence-corrected chi connectivity index (χ4v) is 5.01. The fraction of sp³-hybridized carbons (Fsp3) is 0.632. The summed E-state index contributed by atoms with van der Waals surface area (Å²) in [7, 11) is -3.58. The van der Waals surface area contributed by atoms with Crippen LogP contribution in [-0.4, -0.2) is 51.5 Å². The van der Waals surface area contributed by atoms with Crippen LogP contribution in [0.5, 0.6) is 0 Å². The van der Waals surface area contributed by atoms with E-state index in [0.29, 0.717) is 37.6 Å². The molecule has 1 unspecified atom stereocenters. The van der Waals surface area contributed by atoms with Gasteiger partial charge in [0.2, 0.25) is 15.9 Å². The van der Waals surface area contributed by atoms with Gasteiger partial charge in [-0.1, -0.05) is 12.1 Å². The molecule has 1 aromatic rings. The zero-order valence-electron chi connectivity index (χ0n) is 16.0. The normalized spacial score (nSPS) is 18.7. The number of hydrogen-bond donors (Lipinski definition) is 1. The molecule has 1 aliphatic rings. The van der Waals surface area contributed by atoms with E-state index in [1.165, 1.54) is 4.31 Å². The lowest BCUT2D eigenvalue weighted by atomic mass is 9.99. The Kier molecular flexibility index (Phi) is 7.61. The molecule has 1 heterocycles. The van der Waals surface area contributed by atoms with Crippen molar-refractivity contribution in [3.63, 3.8) is 0 Å². The predicted octanol–water partition coefficient (Wildman–Crippen LogP) is 2.25. The molecule has 1 amide bonds. The first-order valence-electron chi connectivity index (χ1n) is 9.29. The third-order valence-corrected chi connectivity index (χ3v) is 6.69. The number of nitrogens with zero attached hydrogens (tertiary/aromatic N) is 1. The maximum Gasteiger partial charge on any atom is 0.243 e. The lowest BCUT2D eigenvalue weighted by Crippen LogP contribution is -2.45. The Bertz CT molecular complexity index is 718. The topological polar surface area (TPSA) is 75.7 Å². The Morgan fingerprint density at radius 2 is 2.12 bits per heavy atom. The smallest absolute Gasteiger partial charge is 0.243 e. The third kappa shape index (κ3) is 5.28. The molecule has 1 atom stereocenters. The Morgan fingerprint density at radius 3 is 2.85 bits per heavy atom. The van der Waals surface area contributed by atoms with Crippen molar-refractivity contribution in [1.29, 1.82) is 0 Å². The van der Waals surface area contributed by atoms with Crippen LogP contribution < -0.4 is 5.32 Å². The number of benzene rings is 1. The van der Waals surface area contributed by atoms with Gasteiger partial charge in [0.1, 0.15) is 0 Å². The van der Waals surface area contributed by atoms with Crippen LogP contribution in [0.15, 0.2) is 23.1 Å². The highest BCUT2D eigenvalue weighted by molar-refractivity contribution is 7.89. The monoisotopic (exact) mass is 382 g/mol. The van der Waals surface area contributed by atoms with Crippen molar-refractivity contribution in [1.82, 2.24) is 9.62 Å². The molecule has 6 nitrogen and oxygen atoms in total. The van der Waals surface area contributed by atoms with Crippen LogP contribution in [0, 0.1) is 19.8 Å². The van der Waals surface area contributed by atoms with E-state index in [2.05, 4.69) is 5.32 Å². The van der Waals surface area contributed by atoms with E-state index in [9.17, 15) is 13.2 Å². The zero-order chi connectivity index (χ0) is 19.2. The van der Waals surface area contributed by atoms with Crippen LogP contribution in [-0.2, 0) is 19.6 Å². The number of rotatable bonds is 8. The number of amides is 1. The summed E-state index contributed by atoms with van der Waals surface area (Å²) < 4.78 is 32.8. The molecule has 1 saturated heterocycles. The van der Waals surface area contributed by atoms with Crippen LogP contribution >= 0.6 is 0 Å². The second-order valence-electron chi connectivity index (χ2n) is 6.81. The van der Waals surface area contributed by atoms with E-state index in [-0.39, 0.29) is 18.4 Å². The Labute approximate surface area is 157 Å². The largest absolute Gasteiger partial charge is 0.382 e. The highest BCUT2D eigenvalue weighted by Crippen LogP contribution is 2.26. The van der Waals surface area contributed by atoms with Crippen molar-refractivity contribution >= 4 is 15.9 Å². The van der Waals surface area contributed by atoms with Gasteiger partial charge < -0.3 is 10.1 Å². The molecule has 2 rings (SSSR count). The maximum atomic E-state index is 13.0. The summed E-state index contributed by atoms with van der Waals surface area (Å²) in [6, 6.07) is 5.44. The summed E-state index contributed by atoms with van der Waals surface area (Å²) in [5, 5.41) is 2.90. The molecule has 146 valence electrons. The summed E-state index contributed by atoms with van der Waals surface area (Å²) >= 11 is 0.